The van der Waals surface area contributed by atoms with Gasteiger partial charge >= 0.3 is 0 Å². The van der Waals surface area contributed by atoms with Crippen LogP contribution in [0.1, 0.15) is 26.3 Å². The van der Waals surface area contributed by atoms with Crippen LogP contribution in [0.2, 0.25) is 0 Å². The summed E-state index contributed by atoms with van der Waals surface area (Å²) in [5.41, 5.74) is 0.594. The van der Waals surface area contributed by atoms with Crippen molar-refractivity contribution >= 4 is 0 Å². The summed E-state index contributed by atoms with van der Waals surface area (Å²) in [5, 5.41) is 3.35. The summed E-state index contributed by atoms with van der Waals surface area (Å²) < 4.78 is 18.9. The zero-order chi connectivity index (χ0) is 14.3. The van der Waals surface area contributed by atoms with Gasteiger partial charge in [-0.2, -0.15) is 0 Å². The molecular weight excluding hydrogens is 243 g/mol. The standard InChI is InChI=1S/C15H25FN2O/c1-5-18(6-2)11-12(3)17-10-13-14(16)8-7-9-15(13)19-4/h7-9,12,17H,5-6,10-11H2,1-4H3. The summed E-state index contributed by atoms with van der Waals surface area (Å²) in [4.78, 5) is 2.34. The molecule has 4 heteroatoms. The fourth-order valence-corrected chi connectivity index (χ4v) is 2.11. The normalized spacial score (nSPS) is 12.7. The average molecular weight is 268 g/mol. The third kappa shape index (κ3) is 4.80. The minimum absolute atomic E-state index is 0.220. The van der Waals surface area contributed by atoms with Crippen LogP contribution in [-0.2, 0) is 6.54 Å². The molecule has 1 rings (SSSR count). The maximum absolute atomic E-state index is 13.8. The fraction of sp³-hybridized carbons (Fsp3) is 0.600. The molecule has 0 saturated carbocycles. The summed E-state index contributed by atoms with van der Waals surface area (Å²) in [6, 6.07) is 5.23. The average Bonchev–Trinajstić information content (AvgIpc) is 2.43. The summed E-state index contributed by atoms with van der Waals surface area (Å²) in [7, 11) is 1.57. The van der Waals surface area contributed by atoms with Gasteiger partial charge < -0.3 is 15.0 Å². The lowest BCUT2D eigenvalue weighted by molar-refractivity contribution is 0.269. The maximum Gasteiger partial charge on any atom is 0.131 e. The predicted molar refractivity (Wildman–Crippen MR) is 77.0 cm³/mol. The Morgan fingerprint density at radius 1 is 1.32 bits per heavy atom. The Morgan fingerprint density at radius 3 is 2.58 bits per heavy atom. The summed E-state index contributed by atoms with van der Waals surface area (Å²) in [6.45, 7) is 9.93. The van der Waals surface area contributed by atoms with E-state index in [2.05, 4.69) is 31.0 Å². The first-order valence-corrected chi connectivity index (χ1v) is 6.89. The van der Waals surface area contributed by atoms with Gasteiger partial charge in [-0.25, -0.2) is 4.39 Å². The molecule has 0 radical (unpaired) electrons. The number of halogens is 1. The predicted octanol–water partition coefficient (Wildman–Crippen LogP) is 2.65. The minimum atomic E-state index is -0.220. The van der Waals surface area contributed by atoms with Gasteiger partial charge in [-0.15, -0.1) is 0 Å². The molecule has 0 spiro atoms. The van der Waals surface area contributed by atoms with Gasteiger partial charge in [-0.3, -0.25) is 0 Å². The molecule has 0 aliphatic heterocycles. The van der Waals surface area contributed by atoms with E-state index in [-0.39, 0.29) is 5.82 Å². The Bertz CT molecular complexity index is 380. The van der Waals surface area contributed by atoms with Crippen molar-refractivity contribution in [3.8, 4) is 5.75 Å². The Hall–Kier alpha value is -1.13. The first-order chi connectivity index (χ1) is 9.12. The highest BCUT2D eigenvalue weighted by Gasteiger charge is 2.11. The highest BCUT2D eigenvalue weighted by atomic mass is 19.1. The molecule has 1 atom stereocenters. The van der Waals surface area contributed by atoms with E-state index in [9.17, 15) is 4.39 Å². The van der Waals surface area contributed by atoms with Crippen molar-refractivity contribution < 1.29 is 9.13 Å². The van der Waals surface area contributed by atoms with E-state index >= 15 is 0 Å². The minimum Gasteiger partial charge on any atom is -0.496 e. The molecule has 108 valence electrons. The van der Waals surface area contributed by atoms with Crippen LogP contribution in [-0.4, -0.2) is 37.7 Å². The molecule has 0 fully saturated rings. The molecule has 0 amide bonds. The van der Waals surface area contributed by atoms with E-state index in [1.807, 2.05) is 0 Å². The monoisotopic (exact) mass is 268 g/mol. The lowest BCUT2D eigenvalue weighted by Gasteiger charge is -2.23. The van der Waals surface area contributed by atoms with Gasteiger partial charge in [-0.1, -0.05) is 19.9 Å². The van der Waals surface area contributed by atoms with E-state index < -0.39 is 0 Å². The number of ether oxygens (including phenoxy) is 1. The van der Waals surface area contributed by atoms with E-state index in [4.69, 9.17) is 4.74 Å². The van der Waals surface area contributed by atoms with Gasteiger partial charge in [0.05, 0.1) is 7.11 Å². The van der Waals surface area contributed by atoms with E-state index in [1.165, 1.54) is 6.07 Å². The van der Waals surface area contributed by atoms with Crippen LogP contribution in [0.3, 0.4) is 0 Å². The first-order valence-electron chi connectivity index (χ1n) is 6.89. The third-order valence-corrected chi connectivity index (χ3v) is 3.35. The van der Waals surface area contributed by atoms with Crippen LogP contribution in [0.4, 0.5) is 4.39 Å². The van der Waals surface area contributed by atoms with Crippen LogP contribution in [0.15, 0.2) is 18.2 Å². The van der Waals surface area contributed by atoms with Crippen molar-refractivity contribution in [1.82, 2.24) is 10.2 Å². The second-order valence-corrected chi connectivity index (χ2v) is 4.69. The number of nitrogens with zero attached hydrogens (tertiary/aromatic N) is 1. The lowest BCUT2D eigenvalue weighted by atomic mass is 10.1. The Morgan fingerprint density at radius 2 is 2.00 bits per heavy atom. The molecule has 1 N–H and O–H groups in total. The van der Waals surface area contributed by atoms with Crippen molar-refractivity contribution in [3.63, 3.8) is 0 Å². The van der Waals surface area contributed by atoms with Crippen molar-refractivity contribution in [3.05, 3.63) is 29.6 Å². The SMILES string of the molecule is CCN(CC)CC(C)NCc1c(F)cccc1OC. The number of likely N-dealkylation sites (N-methyl/N-ethyl adjacent to an activating group) is 1. The third-order valence-electron chi connectivity index (χ3n) is 3.35. The zero-order valence-corrected chi connectivity index (χ0v) is 12.4. The Kier molecular flexibility index (Phi) is 6.81. The molecule has 1 aromatic rings. The number of hydrogen-bond acceptors (Lipinski definition) is 3. The summed E-state index contributed by atoms with van der Waals surface area (Å²) in [5.74, 6) is 0.379. The highest BCUT2D eigenvalue weighted by molar-refractivity contribution is 5.34. The molecule has 1 aromatic carbocycles. The smallest absolute Gasteiger partial charge is 0.131 e. The number of rotatable bonds is 8. The molecule has 19 heavy (non-hydrogen) atoms. The van der Waals surface area contributed by atoms with Crippen LogP contribution in [0.25, 0.3) is 0 Å². The van der Waals surface area contributed by atoms with Crippen LogP contribution < -0.4 is 10.1 Å². The number of hydrogen-bond donors (Lipinski definition) is 1. The fourth-order valence-electron chi connectivity index (χ4n) is 2.11. The van der Waals surface area contributed by atoms with Crippen molar-refractivity contribution in [2.75, 3.05) is 26.7 Å². The topological polar surface area (TPSA) is 24.5 Å². The van der Waals surface area contributed by atoms with E-state index in [1.54, 1.807) is 19.2 Å². The highest BCUT2D eigenvalue weighted by Crippen LogP contribution is 2.20. The summed E-state index contributed by atoms with van der Waals surface area (Å²) in [6.07, 6.45) is 0. The van der Waals surface area contributed by atoms with Crippen molar-refractivity contribution in [2.24, 2.45) is 0 Å². The van der Waals surface area contributed by atoms with Crippen LogP contribution in [0, 0.1) is 5.82 Å². The van der Waals surface area contributed by atoms with Crippen LogP contribution in [0.5, 0.6) is 5.75 Å². The number of nitrogens with one attached hydrogen (secondary N) is 1. The zero-order valence-electron chi connectivity index (χ0n) is 12.4. The van der Waals surface area contributed by atoms with Crippen molar-refractivity contribution in [2.45, 2.75) is 33.4 Å². The van der Waals surface area contributed by atoms with Gasteiger partial charge in [0.25, 0.3) is 0 Å². The van der Waals surface area contributed by atoms with Gasteiger partial charge in [0, 0.05) is 24.7 Å². The largest absolute Gasteiger partial charge is 0.496 e. The molecule has 0 aliphatic carbocycles. The second kappa shape index (κ2) is 8.12. The van der Waals surface area contributed by atoms with Crippen molar-refractivity contribution in [1.29, 1.82) is 0 Å². The quantitative estimate of drug-likeness (QED) is 0.784. The van der Waals surface area contributed by atoms with E-state index in [0.717, 1.165) is 19.6 Å². The molecule has 0 aliphatic rings. The van der Waals surface area contributed by atoms with Crippen LogP contribution >= 0.6 is 0 Å². The Balaban J connectivity index is 2.57. The maximum atomic E-state index is 13.8. The van der Waals surface area contributed by atoms with Gasteiger partial charge in [0.15, 0.2) is 0 Å². The summed E-state index contributed by atoms with van der Waals surface area (Å²) >= 11 is 0. The second-order valence-electron chi connectivity index (χ2n) is 4.69. The van der Waals surface area contributed by atoms with E-state index in [0.29, 0.717) is 23.9 Å². The molecule has 0 aromatic heterocycles. The molecule has 0 heterocycles. The lowest BCUT2D eigenvalue weighted by Crippen LogP contribution is -2.38. The molecule has 0 bridgehead atoms. The van der Waals surface area contributed by atoms with Gasteiger partial charge in [0.2, 0.25) is 0 Å². The molecule has 1 unspecified atom stereocenters. The number of benzene rings is 1. The molecule has 3 nitrogen and oxygen atoms in total. The molecular formula is C15H25FN2O. The van der Waals surface area contributed by atoms with Gasteiger partial charge in [-0.05, 0) is 32.1 Å². The first kappa shape index (κ1) is 15.9. The number of methoxy groups -OCH3 is 1. The van der Waals surface area contributed by atoms with Gasteiger partial charge in [0.1, 0.15) is 11.6 Å². The molecule has 0 saturated heterocycles. The Labute approximate surface area is 115 Å².